The summed E-state index contributed by atoms with van der Waals surface area (Å²) in [6.07, 6.45) is 0. The minimum Gasteiger partial charge on any atom is -0.296 e. The summed E-state index contributed by atoms with van der Waals surface area (Å²) in [7, 11) is 0. The van der Waals surface area contributed by atoms with Gasteiger partial charge in [0, 0.05) is 31.6 Å². The minimum absolute atomic E-state index is 0.0594. The fourth-order valence-corrected chi connectivity index (χ4v) is 2.64. The van der Waals surface area contributed by atoms with Crippen LogP contribution in [-0.4, -0.2) is 33.5 Å². The molecule has 2 atom stereocenters. The average Bonchev–Trinajstić information content (AvgIpc) is 2.22. The summed E-state index contributed by atoms with van der Waals surface area (Å²) in [5.74, 6) is 0. The summed E-state index contributed by atoms with van der Waals surface area (Å²) >= 11 is 18.7. The molecular weight excluding hydrogens is 506 g/mol. The Morgan fingerprint density at radius 2 is 1.40 bits per heavy atom. The Bertz CT molecular complexity index is 203. The van der Waals surface area contributed by atoms with Crippen LogP contribution >= 0.6 is 81.9 Å². The molecule has 0 spiro atoms. The summed E-state index contributed by atoms with van der Waals surface area (Å²) < 4.78 is 21.4. The Morgan fingerprint density at radius 3 is 1.67 bits per heavy atom. The molecule has 92 valence electrons. The van der Waals surface area contributed by atoms with Crippen LogP contribution in [-0.2, 0) is 13.6 Å². The number of alkyl halides is 4. The van der Waals surface area contributed by atoms with Gasteiger partial charge in [-0.2, -0.15) is 0 Å². The fourth-order valence-electron chi connectivity index (χ4n) is 0.466. The lowest BCUT2D eigenvalue weighted by molar-refractivity contribution is 0.225. The molecule has 0 heterocycles. The van der Waals surface area contributed by atoms with Crippen LogP contribution in [0.5, 0.6) is 0 Å². The third kappa shape index (κ3) is 10.0. The van der Waals surface area contributed by atoms with Crippen LogP contribution in [0, 0.1) is 0 Å². The molecule has 15 heavy (non-hydrogen) atoms. The first-order valence-electron chi connectivity index (χ1n) is 3.90. The van der Waals surface area contributed by atoms with Gasteiger partial charge < -0.3 is 0 Å². The fraction of sp³-hybridized carbons (Fsp3) is 1.00. The van der Waals surface area contributed by atoms with E-state index < -0.39 is 6.95 Å². The second-order valence-electron chi connectivity index (χ2n) is 2.53. The maximum absolute atomic E-state index is 11.5. The normalized spacial score (nSPS) is 19.5. The molecule has 0 saturated carbocycles. The van der Waals surface area contributed by atoms with Crippen LogP contribution in [0.1, 0.15) is 0 Å². The van der Waals surface area contributed by atoms with Crippen molar-refractivity contribution in [2.24, 2.45) is 0 Å². The van der Waals surface area contributed by atoms with Crippen molar-refractivity contribution in [2.75, 3.05) is 23.9 Å². The molecule has 0 aromatic heterocycles. The zero-order valence-electron chi connectivity index (χ0n) is 7.54. The van der Waals surface area contributed by atoms with Crippen molar-refractivity contribution in [2.45, 2.75) is 9.65 Å². The van der Waals surface area contributed by atoms with E-state index in [4.69, 9.17) is 20.3 Å². The molecule has 0 aliphatic heterocycles. The predicted octanol–water partition coefficient (Wildman–Crippen LogP) is 4.68. The van der Waals surface area contributed by atoms with Crippen molar-refractivity contribution in [3.63, 3.8) is 0 Å². The van der Waals surface area contributed by atoms with Crippen LogP contribution in [0.4, 0.5) is 0 Å². The summed E-state index contributed by atoms with van der Waals surface area (Å²) in [6.45, 7) is -3.00. The molecule has 9 heteroatoms. The molecule has 0 aromatic carbocycles. The van der Waals surface area contributed by atoms with Gasteiger partial charge in [0.25, 0.3) is 0 Å². The summed E-state index contributed by atoms with van der Waals surface area (Å²) in [5, 5.41) is 1.37. The van der Waals surface area contributed by atoms with Gasteiger partial charge in [0.05, 0.1) is 13.2 Å². The summed E-state index contributed by atoms with van der Waals surface area (Å²) in [4.78, 5) is 0.119. The van der Waals surface area contributed by atoms with Gasteiger partial charge in [0.1, 0.15) is 0 Å². The highest BCUT2D eigenvalue weighted by atomic mass is 79.9. The molecule has 0 N–H and O–H groups in total. The highest BCUT2D eigenvalue weighted by Crippen LogP contribution is 2.54. The van der Waals surface area contributed by atoms with Crippen molar-refractivity contribution in [3.05, 3.63) is 0 Å². The average molecular weight is 516 g/mol. The van der Waals surface area contributed by atoms with Crippen LogP contribution in [0.15, 0.2) is 0 Å². The van der Waals surface area contributed by atoms with Crippen molar-refractivity contribution in [3.8, 4) is 0 Å². The first-order chi connectivity index (χ1) is 6.91. The van der Waals surface area contributed by atoms with Gasteiger partial charge in [0.15, 0.2) is 0 Å². The zero-order chi connectivity index (χ0) is 11.9. The summed E-state index contributed by atoms with van der Waals surface area (Å²) in [6, 6.07) is 0. The summed E-state index contributed by atoms with van der Waals surface area (Å²) in [5.41, 5.74) is 0. The van der Waals surface area contributed by atoms with Gasteiger partial charge in [-0.25, -0.2) is 4.57 Å². The van der Waals surface area contributed by atoms with E-state index in [0.29, 0.717) is 10.7 Å². The van der Waals surface area contributed by atoms with Gasteiger partial charge in [-0.05, 0) is 0 Å². The number of rotatable bonds is 8. The second kappa shape index (κ2) is 9.31. The van der Waals surface area contributed by atoms with Gasteiger partial charge >= 0.3 is 6.95 Å². The third-order valence-corrected chi connectivity index (χ3v) is 7.13. The molecule has 0 aliphatic rings. The minimum atomic E-state index is -3.46. The highest BCUT2D eigenvalue weighted by Gasteiger charge is 2.23. The molecule has 3 nitrogen and oxygen atoms in total. The van der Waals surface area contributed by atoms with E-state index in [0.717, 1.165) is 0 Å². The smallest absolute Gasteiger partial charge is 0.296 e. The van der Waals surface area contributed by atoms with Crippen LogP contribution in [0.25, 0.3) is 0 Å². The molecule has 0 saturated heterocycles. The Labute approximate surface area is 128 Å². The first-order valence-corrected chi connectivity index (χ1v) is 10.4. The standard InChI is InChI=1S/C6H10Br4ClO3P/c7-1-5(9)3-13-15(11,12)14-4-6(10)2-8/h5-6H,1-4H2. The van der Waals surface area contributed by atoms with Crippen LogP contribution < -0.4 is 0 Å². The lowest BCUT2D eigenvalue weighted by atomic mass is 10.5. The van der Waals surface area contributed by atoms with E-state index in [1.165, 1.54) is 0 Å². The quantitative estimate of drug-likeness (QED) is 0.347. The second-order valence-corrected chi connectivity index (χ2v) is 9.03. The molecule has 0 rings (SSSR count). The molecule has 0 radical (unpaired) electrons. The third-order valence-electron chi connectivity index (χ3n) is 1.15. The number of hydrogen-bond donors (Lipinski definition) is 0. The Morgan fingerprint density at radius 1 is 1.07 bits per heavy atom. The SMILES string of the molecule is O=P(Cl)(OCC(Br)CBr)OCC(Br)CBr. The van der Waals surface area contributed by atoms with E-state index in [1.54, 1.807) is 0 Å². The first kappa shape index (κ1) is 17.4. The molecule has 0 aliphatic carbocycles. The molecule has 0 fully saturated rings. The van der Waals surface area contributed by atoms with Crippen LogP contribution in [0.3, 0.4) is 0 Å². The van der Waals surface area contributed by atoms with Crippen LogP contribution in [0.2, 0.25) is 0 Å². The Balaban J connectivity index is 3.81. The van der Waals surface area contributed by atoms with Crippen molar-refractivity contribution < 1.29 is 13.6 Å². The molecular formula is C6H10Br4ClO3P. The van der Waals surface area contributed by atoms with E-state index in [1.807, 2.05) is 0 Å². The lowest BCUT2D eigenvalue weighted by Crippen LogP contribution is -2.11. The van der Waals surface area contributed by atoms with E-state index in [2.05, 4.69) is 63.7 Å². The molecule has 0 amide bonds. The Hall–Kier alpha value is 2.36. The van der Waals surface area contributed by atoms with Gasteiger partial charge in [-0.1, -0.05) is 63.7 Å². The van der Waals surface area contributed by atoms with Gasteiger partial charge in [-0.15, -0.1) is 0 Å². The Kier molecular flexibility index (Phi) is 10.8. The van der Waals surface area contributed by atoms with Gasteiger partial charge in [-0.3, -0.25) is 9.05 Å². The van der Waals surface area contributed by atoms with E-state index in [9.17, 15) is 4.57 Å². The monoisotopic (exact) mass is 512 g/mol. The lowest BCUT2D eigenvalue weighted by Gasteiger charge is -2.14. The maximum atomic E-state index is 11.5. The number of halogens is 5. The zero-order valence-corrected chi connectivity index (χ0v) is 15.5. The molecule has 0 aromatic rings. The highest BCUT2D eigenvalue weighted by molar-refractivity contribution is 9.12. The van der Waals surface area contributed by atoms with Crippen molar-refractivity contribution in [1.29, 1.82) is 0 Å². The molecule has 2 unspecified atom stereocenters. The van der Waals surface area contributed by atoms with E-state index in [-0.39, 0.29) is 22.9 Å². The van der Waals surface area contributed by atoms with Gasteiger partial charge in [0.2, 0.25) is 0 Å². The maximum Gasteiger partial charge on any atom is 0.424 e. The number of hydrogen-bond acceptors (Lipinski definition) is 3. The van der Waals surface area contributed by atoms with Crippen molar-refractivity contribution in [1.82, 2.24) is 0 Å². The van der Waals surface area contributed by atoms with E-state index >= 15 is 0 Å². The van der Waals surface area contributed by atoms with Crippen molar-refractivity contribution >= 4 is 81.9 Å². The predicted molar refractivity (Wildman–Crippen MR) is 78.4 cm³/mol. The molecule has 0 bridgehead atoms. The topological polar surface area (TPSA) is 35.5 Å². The largest absolute Gasteiger partial charge is 0.424 e.